The Bertz CT molecular complexity index is 1170. The molecule has 0 spiro atoms. The topological polar surface area (TPSA) is 95.8 Å². The first kappa shape index (κ1) is 26.7. The van der Waals surface area contributed by atoms with Crippen molar-refractivity contribution in [1.29, 1.82) is 0 Å². The van der Waals surface area contributed by atoms with Gasteiger partial charge in [0.1, 0.15) is 5.75 Å². The van der Waals surface area contributed by atoms with Crippen molar-refractivity contribution in [2.75, 3.05) is 32.5 Å². The quantitative estimate of drug-likeness (QED) is 0.250. The molecule has 1 aliphatic rings. The van der Waals surface area contributed by atoms with E-state index in [-0.39, 0.29) is 0 Å². The fourth-order valence-corrected chi connectivity index (χ4v) is 5.98. The van der Waals surface area contributed by atoms with Crippen molar-refractivity contribution in [2.45, 2.75) is 43.1 Å². The Kier molecular flexibility index (Phi) is 9.06. The average molecular weight is 530 g/mol. The van der Waals surface area contributed by atoms with E-state index in [1.54, 1.807) is 19.5 Å². The largest absolute Gasteiger partial charge is 0.497 e. The second-order valence-electron chi connectivity index (χ2n) is 9.27. The molecule has 7 nitrogen and oxygen atoms in total. The number of hydrogen-bond acceptors (Lipinski definition) is 7. The third-order valence-corrected chi connectivity index (χ3v) is 8.50. The van der Waals surface area contributed by atoms with E-state index in [1.807, 2.05) is 42.1 Å². The predicted molar refractivity (Wildman–Crippen MR) is 143 cm³/mol. The maximum absolute atomic E-state index is 12.4. The molecule has 3 aromatic rings. The Labute approximate surface area is 220 Å². The zero-order valence-electron chi connectivity index (χ0n) is 20.4. The standard InChI is InChI=1S/C27H32ClN3O4S/c1-35-19-3-4-23-21(17-19)25(22(28)18-30-23)24(32)5-8-27(26(33)34)9-14-31(15-10-27)13-2-16-36-20-6-11-29-12-7-20/h3-4,6-7,11-12,17-18,24,32H,2,5,8-10,13-16H2,1H3,(H,33,34)/t24-/m1/s1. The Morgan fingerprint density at radius 2 is 2.00 bits per heavy atom. The number of pyridine rings is 2. The molecule has 0 saturated carbocycles. The maximum Gasteiger partial charge on any atom is 0.309 e. The number of rotatable bonds is 11. The molecule has 0 radical (unpaired) electrons. The van der Waals surface area contributed by atoms with Gasteiger partial charge in [-0.2, -0.15) is 0 Å². The number of aromatic nitrogens is 2. The molecule has 2 N–H and O–H groups in total. The van der Waals surface area contributed by atoms with Crippen molar-refractivity contribution < 1.29 is 19.7 Å². The number of thioether (sulfide) groups is 1. The number of carboxylic acids is 1. The first-order valence-electron chi connectivity index (χ1n) is 12.2. The lowest BCUT2D eigenvalue weighted by atomic mass is 9.74. The Balaban J connectivity index is 1.34. The Morgan fingerprint density at radius 1 is 1.25 bits per heavy atom. The lowest BCUT2D eigenvalue weighted by Crippen LogP contribution is -2.44. The van der Waals surface area contributed by atoms with E-state index in [2.05, 4.69) is 14.9 Å². The summed E-state index contributed by atoms with van der Waals surface area (Å²) in [7, 11) is 1.58. The van der Waals surface area contributed by atoms with Crippen LogP contribution in [0.3, 0.4) is 0 Å². The third-order valence-electron chi connectivity index (χ3n) is 7.10. The molecule has 0 bridgehead atoms. The summed E-state index contributed by atoms with van der Waals surface area (Å²) in [6, 6.07) is 9.47. The zero-order chi connectivity index (χ0) is 25.5. The molecule has 1 fully saturated rings. The Morgan fingerprint density at radius 3 is 2.69 bits per heavy atom. The predicted octanol–water partition coefficient (Wildman–Crippen LogP) is 5.45. The number of aliphatic carboxylic acids is 1. The van der Waals surface area contributed by atoms with Crippen molar-refractivity contribution in [3.05, 3.63) is 59.5 Å². The fourth-order valence-electron chi connectivity index (χ4n) is 4.88. The fraction of sp³-hybridized carbons (Fsp3) is 0.444. The summed E-state index contributed by atoms with van der Waals surface area (Å²) in [5, 5.41) is 22.3. The van der Waals surface area contributed by atoms with Crippen LogP contribution < -0.4 is 4.74 Å². The van der Waals surface area contributed by atoms with E-state index in [1.165, 1.54) is 11.1 Å². The van der Waals surface area contributed by atoms with Crippen molar-refractivity contribution >= 4 is 40.2 Å². The molecule has 1 aromatic carbocycles. The lowest BCUT2D eigenvalue weighted by Gasteiger charge is -2.39. The van der Waals surface area contributed by atoms with Crippen molar-refractivity contribution in [1.82, 2.24) is 14.9 Å². The number of carbonyl (C=O) groups is 1. The molecular formula is C27H32ClN3O4S. The monoisotopic (exact) mass is 529 g/mol. The van der Waals surface area contributed by atoms with Crippen LogP contribution in [0.1, 0.15) is 43.8 Å². The Hall–Kier alpha value is -2.39. The summed E-state index contributed by atoms with van der Waals surface area (Å²) in [6.07, 6.45) is 7.14. The summed E-state index contributed by atoms with van der Waals surface area (Å²) in [4.78, 5) is 24.3. The van der Waals surface area contributed by atoms with E-state index in [4.69, 9.17) is 16.3 Å². The van der Waals surface area contributed by atoms with Gasteiger partial charge in [0.15, 0.2) is 0 Å². The molecule has 1 aliphatic heterocycles. The van der Waals surface area contributed by atoms with Gasteiger partial charge >= 0.3 is 5.97 Å². The average Bonchev–Trinajstić information content (AvgIpc) is 2.90. The van der Waals surface area contributed by atoms with Gasteiger partial charge in [-0.25, -0.2) is 0 Å². The van der Waals surface area contributed by atoms with Gasteiger partial charge in [-0.1, -0.05) is 11.6 Å². The summed E-state index contributed by atoms with van der Waals surface area (Å²) in [6.45, 7) is 2.45. The number of fused-ring (bicyclic) bond motifs is 1. The van der Waals surface area contributed by atoms with E-state index >= 15 is 0 Å². The molecule has 1 atom stereocenters. The van der Waals surface area contributed by atoms with Gasteiger partial charge < -0.3 is 19.8 Å². The van der Waals surface area contributed by atoms with Crippen LogP contribution in [0.5, 0.6) is 5.75 Å². The van der Waals surface area contributed by atoms with Crippen molar-refractivity contribution in [2.24, 2.45) is 5.41 Å². The molecule has 0 aliphatic carbocycles. The lowest BCUT2D eigenvalue weighted by molar-refractivity contribution is -0.153. The molecule has 4 rings (SSSR count). The van der Waals surface area contributed by atoms with Gasteiger partial charge in [0, 0.05) is 34.4 Å². The number of halogens is 1. The first-order valence-corrected chi connectivity index (χ1v) is 13.6. The van der Waals surface area contributed by atoms with Crippen LogP contribution in [0.25, 0.3) is 10.9 Å². The number of likely N-dealkylation sites (tertiary alicyclic amines) is 1. The highest BCUT2D eigenvalue weighted by Crippen LogP contribution is 2.41. The van der Waals surface area contributed by atoms with Gasteiger partial charge in [-0.3, -0.25) is 14.8 Å². The highest BCUT2D eigenvalue weighted by molar-refractivity contribution is 7.99. The highest BCUT2D eigenvalue weighted by Gasteiger charge is 2.41. The molecule has 3 heterocycles. The number of ether oxygens (including phenoxy) is 1. The number of nitrogens with zero attached hydrogens (tertiary/aromatic N) is 3. The second-order valence-corrected chi connectivity index (χ2v) is 10.8. The number of aliphatic hydroxyl groups excluding tert-OH is 1. The number of aliphatic hydroxyl groups is 1. The number of methoxy groups -OCH3 is 1. The summed E-state index contributed by atoms with van der Waals surface area (Å²) in [5.74, 6) is 0.880. The number of carboxylic acid groups (broad SMARTS) is 1. The van der Waals surface area contributed by atoms with Gasteiger partial charge in [0.05, 0.1) is 29.2 Å². The van der Waals surface area contributed by atoms with Crippen LogP contribution in [0.15, 0.2) is 53.8 Å². The molecule has 0 unspecified atom stereocenters. The normalized spacial score (nSPS) is 16.6. The van der Waals surface area contributed by atoms with Gasteiger partial charge in [-0.15, -0.1) is 11.8 Å². The zero-order valence-corrected chi connectivity index (χ0v) is 22.0. The highest BCUT2D eigenvalue weighted by atomic mass is 35.5. The summed E-state index contributed by atoms with van der Waals surface area (Å²) < 4.78 is 5.33. The molecule has 1 saturated heterocycles. The van der Waals surface area contributed by atoms with E-state index in [9.17, 15) is 15.0 Å². The van der Waals surface area contributed by atoms with Crippen LogP contribution in [0.4, 0.5) is 0 Å². The van der Waals surface area contributed by atoms with E-state index < -0.39 is 17.5 Å². The molecule has 9 heteroatoms. The molecular weight excluding hydrogens is 498 g/mol. The summed E-state index contributed by atoms with van der Waals surface area (Å²) >= 11 is 8.26. The van der Waals surface area contributed by atoms with Crippen LogP contribution in [0.2, 0.25) is 5.02 Å². The SMILES string of the molecule is COc1ccc2ncc(Cl)c([C@H](O)CCC3(C(=O)O)CCN(CCCSc4ccncc4)CC3)c2c1. The van der Waals surface area contributed by atoms with Crippen LogP contribution >= 0.6 is 23.4 Å². The van der Waals surface area contributed by atoms with Gasteiger partial charge in [0.25, 0.3) is 0 Å². The minimum atomic E-state index is -0.894. The summed E-state index contributed by atoms with van der Waals surface area (Å²) in [5.41, 5.74) is 0.443. The van der Waals surface area contributed by atoms with E-state index in [0.717, 1.165) is 37.2 Å². The second kappa shape index (κ2) is 12.2. The van der Waals surface area contributed by atoms with Crippen LogP contribution in [-0.2, 0) is 4.79 Å². The minimum absolute atomic E-state index is 0.310. The maximum atomic E-state index is 12.4. The van der Waals surface area contributed by atoms with Gasteiger partial charge in [-0.05, 0) is 87.8 Å². The molecule has 192 valence electrons. The first-order chi connectivity index (χ1) is 17.4. The smallest absolute Gasteiger partial charge is 0.309 e. The van der Waals surface area contributed by atoms with E-state index in [0.29, 0.717) is 47.5 Å². The number of hydrogen-bond donors (Lipinski definition) is 2. The third kappa shape index (κ3) is 6.29. The van der Waals surface area contributed by atoms with Crippen LogP contribution in [-0.4, -0.2) is 63.5 Å². The van der Waals surface area contributed by atoms with Crippen molar-refractivity contribution in [3.63, 3.8) is 0 Å². The van der Waals surface area contributed by atoms with Crippen molar-refractivity contribution in [3.8, 4) is 5.75 Å². The molecule has 0 amide bonds. The molecule has 36 heavy (non-hydrogen) atoms. The molecule has 2 aromatic heterocycles. The number of benzene rings is 1. The van der Waals surface area contributed by atoms with Gasteiger partial charge in [0.2, 0.25) is 0 Å². The number of piperidine rings is 1. The minimum Gasteiger partial charge on any atom is -0.497 e. The van der Waals surface area contributed by atoms with Crippen LogP contribution in [0, 0.1) is 5.41 Å².